The molecule has 39 nitrogen and oxygen atoms in total. The van der Waals surface area contributed by atoms with Crippen molar-refractivity contribution in [3.63, 3.8) is 0 Å². The van der Waals surface area contributed by atoms with Crippen LogP contribution in [-0.4, -0.2) is 345 Å². The number of imide groups is 1. The summed E-state index contributed by atoms with van der Waals surface area (Å²) in [6.07, 6.45) is 9.58. The highest BCUT2D eigenvalue weighted by molar-refractivity contribution is 6.01. The van der Waals surface area contributed by atoms with Gasteiger partial charge in [0.2, 0.25) is 11.8 Å². The van der Waals surface area contributed by atoms with Crippen molar-refractivity contribution in [3.05, 3.63) is 0 Å². The number of hydrogen-bond donors (Lipinski definition) is 8. The number of unbranched alkanes of at least 4 members (excludes halogenated alkanes) is 2. The molecule has 13 N–H and O–H groups in total. The number of alkyl carbamates (subject to hydrolysis) is 1. The number of rotatable bonds is 78. The normalized spacial score (nSPS) is 11.8. The van der Waals surface area contributed by atoms with Gasteiger partial charge < -0.3 is 139 Å². The summed E-state index contributed by atoms with van der Waals surface area (Å²) in [5.41, 5.74) is 25.2. The van der Waals surface area contributed by atoms with Crippen molar-refractivity contribution in [1.29, 1.82) is 0 Å². The van der Waals surface area contributed by atoms with Gasteiger partial charge in [0.25, 0.3) is 18.3 Å². The third kappa shape index (κ3) is 108. The molecule has 0 bridgehead atoms. The fourth-order valence-corrected chi connectivity index (χ4v) is 8.54. The second-order valence-corrected chi connectivity index (χ2v) is 29.1. The van der Waals surface area contributed by atoms with Crippen molar-refractivity contribution in [2.24, 2.45) is 28.7 Å². The third-order valence-electron chi connectivity index (χ3n) is 14.4. The molecule has 0 atom stereocenters. The molecular weight excluding hydrogens is 1590 g/mol. The highest BCUT2D eigenvalue weighted by Crippen LogP contribution is 2.14. The van der Waals surface area contributed by atoms with E-state index in [2.05, 4.69) is 25.5 Å². The van der Waals surface area contributed by atoms with Gasteiger partial charge in [-0.1, -0.05) is 7.43 Å². The van der Waals surface area contributed by atoms with Crippen LogP contribution in [-0.2, 0) is 138 Å². The van der Waals surface area contributed by atoms with E-state index in [4.69, 9.17) is 114 Å². The summed E-state index contributed by atoms with van der Waals surface area (Å²) >= 11 is 0. The molecule has 0 radical (unpaired) electrons. The Balaban J connectivity index is -0.000000505. The first kappa shape index (κ1) is 124. The molecule has 1 fully saturated rings. The van der Waals surface area contributed by atoms with Crippen LogP contribution in [0.4, 0.5) is 4.79 Å². The Hall–Kier alpha value is -5.74. The van der Waals surface area contributed by atoms with Gasteiger partial charge in [0, 0.05) is 143 Å². The fourth-order valence-electron chi connectivity index (χ4n) is 8.54. The monoisotopic (exact) mass is 1750 g/mol. The van der Waals surface area contributed by atoms with Gasteiger partial charge in [-0.3, -0.25) is 38.4 Å². The SMILES string of the molecule is C.CC(C)(C)OC(=O)CCCOCCOCCC(=O)CCCCOCCOCCCNC(=O)CCOCCOCCN.CC(C)(C)OC(=O)NCCOCCOCCC(=O)ON1C(=O)CCC1=O.CC(C)(C)OC=O.NCCCOCCOCCCN.NCCOCCOCCC(=O)CCCCOCCOCCCNC(=O)CCOCCOCCN. The Morgan fingerprint density at radius 3 is 0.934 bits per heavy atom. The van der Waals surface area contributed by atoms with Gasteiger partial charge in [0.05, 0.1) is 172 Å². The molecule has 0 aliphatic carbocycles. The van der Waals surface area contributed by atoms with Crippen LogP contribution in [0.5, 0.6) is 0 Å². The molecule has 1 rings (SSSR count). The van der Waals surface area contributed by atoms with Crippen LogP contribution in [0, 0.1) is 0 Å². The molecule has 1 aliphatic rings. The average molecular weight is 1760 g/mol. The summed E-state index contributed by atoms with van der Waals surface area (Å²) in [7, 11) is 0. The number of hydroxylamine groups is 2. The minimum absolute atomic E-state index is 0. The number of amides is 5. The van der Waals surface area contributed by atoms with Crippen molar-refractivity contribution in [2.45, 2.75) is 209 Å². The van der Waals surface area contributed by atoms with Crippen LogP contribution in [0.25, 0.3) is 0 Å². The molecule has 0 unspecified atom stereocenters. The van der Waals surface area contributed by atoms with Crippen molar-refractivity contribution < 1.29 is 143 Å². The molecule has 0 aromatic carbocycles. The van der Waals surface area contributed by atoms with Crippen LogP contribution in [0.2, 0.25) is 0 Å². The summed E-state index contributed by atoms with van der Waals surface area (Å²) in [6, 6.07) is 0. The number of ketones is 2. The molecule has 5 amide bonds. The van der Waals surface area contributed by atoms with Gasteiger partial charge in [-0.15, -0.1) is 5.06 Å². The third-order valence-corrected chi connectivity index (χ3v) is 14.4. The maximum absolute atomic E-state index is 11.9. The topological polar surface area (TPSA) is 525 Å². The predicted molar refractivity (Wildman–Crippen MR) is 454 cm³/mol. The number of Topliss-reactive ketones (excluding diaryl/α,β-unsaturated/α-hetero) is 2. The van der Waals surface area contributed by atoms with E-state index in [0.717, 1.165) is 64.6 Å². The van der Waals surface area contributed by atoms with E-state index in [1.807, 2.05) is 41.5 Å². The number of carbonyl (C=O) groups excluding carboxylic acids is 10. The molecule has 0 aromatic rings. The number of nitrogens with zero attached hydrogens (tertiary/aromatic N) is 1. The van der Waals surface area contributed by atoms with E-state index < -0.39 is 35.1 Å². The van der Waals surface area contributed by atoms with Crippen molar-refractivity contribution in [2.75, 3.05) is 264 Å². The predicted octanol–water partition coefficient (Wildman–Crippen LogP) is 4.07. The molecule has 1 aliphatic heterocycles. The maximum Gasteiger partial charge on any atom is 0.407 e. The first-order valence-corrected chi connectivity index (χ1v) is 42.3. The molecule has 716 valence electrons. The number of carbonyl (C=O) groups is 10. The van der Waals surface area contributed by atoms with Gasteiger partial charge in [0.1, 0.15) is 28.4 Å². The van der Waals surface area contributed by atoms with Crippen LogP contribution in [0.15, 0.2) is 0 Å². The second-order valence-electron chi connectivity index (χ2n) is 29.1. The zero-order chi connectivity index (χ0) is 90.0. The van der Waals surface area contributed by atoms with Gasteiger partial charge in [-0.2, -0.15) is 0 Å². The van der Waals surface area contributed by atoms with Gasteiger partial charge in [0.15, 0.2) is 0 Å². The number of ether oxygens (including phenoxy) is 19. The quantitative estimate of drug-likeness (QED) is 0.0140. The first-order valence-electron chi connectivity index (χ1n) is 42.3. The molecule has 0 spiro atoms. The summed E-state index contributed by atoms with van der Waals surface area (Å²) in [4.78, 5) is 118. The Bertz CT molecular complexity index is 2350. The Morgan fingerprint density at radius 2 is 0.612 bits per heavy atom. The zero-order valence-electron chi connectivity index (χ0n) is 74.4. The van der Waals surface area contributed by atoms with E-state index in [-0.39, 0.29) is 81.5 Å². The minimum atomic E-state index is -0.712. The lowest BCUT2D eigenvalue weighted by Gasteiger charge is -2.19. The Kier molecular flexibility index (Phi) is 95.6. The van der Waals surface area contributed by atoms with Crippen LogP contribution in [0.3, 0.4) is 0 Å². The minimum Gasteiger partial charge on any atom is -0.462 e. The number of nitrogens with one attached hydrogen (secondary N) is 3. The number of nitrogens with two attached hydrogens (primary N) is 5. The molecule has 39 heteroatoms. The number of hydrogen-bond acceptors (Lipinski definition) is 35. The molecule has 1 saturated heterocycles. The van der Waals surface area contributed by atoms with Crippen LogP contribution < -0.4 is 44.6 Å². The van der Waals surface area contributed by atoms with E-state index >= 15 is 0 Å². The lowest BCUT2D eigenvalue weighted by atomic mass is 10.1. The van der Waals surface area contributed by atoms with Crippen LogP contribution >= 0.6 is 0 Å². The number of esters is 1. The highest BCUT2D eigenvalue weighted by atomic mass is 16.7. The molecule has 121 heavy (non-hydrogen) atoms. The van der Waals surface area contributed by atoms with Crippen molar-refractivity contribution in [3.8, 4) is 0 Å². The second kappa shape index (κ2) is 93.4. The lowest BCUT2D eigenvalue weighted by Crippen LogP contribution is -2.34. The largest absolute Gasteiger partial charge is 0.462 e. The van der Waals surface area contributed by atoms with Crippen LogP contribution in [0.1, 0.15) is 192 Å². The summed E-state index contributed by atoms with van der Waals surface area (Å²) < 4.78 is 100. The highest BCUT2D eigenvalue weighted by Gasteiger charge is 2.33. The maximum atomic E-state index is 11.9. The van der Waals surface area contributed by atoms with Gasteiger partial charge in [-0.05, 0) is 133 Å². The summed E-state index contributed by atoms with van der Waals surface area (Å²) in [6.45, 7) is 36.5. The molecule has 0 saturated carbocycles. The molecule has 0 aromatic heterocycles. The van der Waals surface area contributed by atoms with E-state index in [0.29, 0.717) is 294 Å². The van der Waals surface area contributed by atoms with Crippen molar-refractivity contribution in [1.82, 2.24) is 21.0 Å². The van der Waals surface area contributed by atoms with Gasteiger partial charge in [-0.25, -0.2) is 9.59 Å². The Labute approximate surface area is 721 Å². The molecular formula is C82H163N9O30. The van der Waals surface area contributed by atoms with E-state index in [1.165, 1.54) is 0 Å². The fraction of sp³-hybridized carbons (Fsp3) is 0.878. The summed E-state index contributed by atoms with van der Waals surface area (Å²) in [5.74, 6) is -1.66. The molecule has 1 heterocycles. The van der Waals surface area contributed by atoms with E-state index in [1.54, 1.807) is 20.8 Å². The van der Waals surface area contributed by atoms with Gasteiger partial charge >= 0.3 is 18.0 Å². The Morgan fingerprint density at radius 1 is 0.306 bits per heavy atom. The summed E-state index contributed by atoms with van der Waals surface area (Å²) in [5, 5.41) is 8.72. The standard InChI is InChI=1S/C29H56N2O10.C23H47N3O8.C16H26N2O8.C8H20N2O2.C5H10O2.CH4/c1-29(2,3)41-28(34)9-6-15-36-22-23-38-17-10-26(32)8-4-5-14-35-20-21-37-16-7-13-31-27(33)11-18-39-24-25-40-19-12-30;24-7-14-33-20-18-31-12-5-22(27)4-1-2-10-29-16-17-30-11-3-9-26-23(28)6-13-32-19-21-34-15-8-25;1-16(2,3)25-15(22)17-7-9-24-11-10-23-8-6-14(21)26-18-12(19)4-5-13(18)20;9-3-1-5-11-7-8-12-6-2-4-10;1-5(2,3)7-4-6;/h4-25,30H2,1-3H3,(H,31,33);1-21,24-25H2,(H,26,28);4-11H2,1-3H3,(H,17,22);1-10H2;4H,1-3H3;1H4. The zero-order valence-corrected chi connectivity index (χ0v) is 74.4. The lowest BCUT2D eigenvalue weighted by molar-refractivity contribution is -0.198. The van der Waals surface area contributed by atoms with E-state index in [9.17, 15) is 47.9 Å². The average Bonchev–Trinajstić information content (AvgIpc) is 1.73. The smallest absolute Gasteiger partial charge is 0.407 e. The van der Waals surface area contributed by atoms with Crippen molar-refractivity contribution >= 4 is 59.7 Å². The first-order chi connectivity index (χ1) is 57.6.